The van der Waals surface area contributed by atoms with Gasteiger partial charge in [-0.05, 0) is 109 Å². The standard InChI is InChI=1S/C59H102O6/c1-4-7-10-13-16-19-22-25-28-31-34-37-40-43-46-49-52-58(61)64-55-56(54-63-57(60)51-48-45-42-39-36-33-30-27-24-21-18-15-12-9-6-3)65-59(62)53-50-47-44-41-38-35-32-29-26-23-20-17-14-11-8-5-2/h9,12,18,21,27-32,36,39,56H,4-8,10-11,13-17,19-20,22-26,33-35,37-38,40-55H2,1-3H3/b12-9-,21-18-,30-27-,31-28-,32-29-,39-36-/t56-/m1/s1. The highest BCUT2D eigenvalue weighted by Gasteiger charge is 2.19. The van der Waals surface area contributed by atoms with Crippen molar-refractivity contribution in [2.45, 2.75) is 271 Å². The maximum Gasteiger partial charge on any atom is 0.306 e. The van der Waals surface area contributed by atoms with Crippen LogP contribution in [-0.4, -0.2) is 37.2 Å². The highest BCUT2D eigenvalue weighted by atomic mass is 16.6. The van der Waals surface area contributed by atoms with Gasteiger partial charge in [-0.1, -0.05) is 209 Å². The van der Waals surface area contributed by atoms with Gasteiger partial charge in [-0.25, -0.2) is 0 Å². The van der Waals surface area contributed by atoms with Gasteiger partial charge >= 0.3 is 17.9 Å². The van der Waals surface area contributed by atoms with Crippen LogP contribution in [0.15, 0.2) is 72.9 Å². The smallest absolute Gasteiger partial charge is 0.306 e. The Hall–Kier alpha value is -3.15. The zero-order valence-electron chi connectivity index (χ0n) is 42.7. The van der Waals surface area contributed by atoms with E-state index in [-0.39, 0.29) is 31.1 Å². The molecule has 0 rings (SSSR count). The van der Waals surface area contributed by atoms with E-state index in [2.05, 4.69) is 93.7 Å². The van der Waals surface area contributed by atoms with E-state index in [4.69, 9.17) is 14.2 Å². The second-order valence-corrected chi connectivity index (χ2v) is 18.1. The third-order valence-corrected chi connectivity index (χ3v) is 11.7. The fraction of sp³-hybridized carbons (Fsp3) is 0.746. The minimum Gasteiger partial charge on any atom is -0.462 e. The van der Waals surface area contributed by atoms with Crippen LogP contribution in [0.3, 0.4) is 0 Å². The van der Waals surface area contributed by atoms with E-state index in [9.17, 15) is 14.4 Å². The first-order valence-electron chi connectivity index (χ1n) is 27.4. The molecule has 0 heterocycles. The van der Waals surface area contributed by atoms with Crippen molar-refractivity contribution in [2.24, 2.45) is 0 Å². The van der Waals surface area contributed by atoms with Crippen LogP contribution in [0.25, 0.3) is 0 Å². The van der Waals surface area contributed by atoms with Crippen LogP contribution in [0.4, 0.5) is 0 Å². The molecule has 6 nitrogen and oxygen atoms in total. The van der Waals surface area contributed by atoms with Crippen molar-refractivity contribution in [3.8, 4) is 0 Å². The lowest BCUT2D eigenvalue weighted by Gasteiger charge is -2.18. The van der Waals surface area contributed by atoms with E-state index in [1.807, 2.05) is 0 Å². The van der Waals surface area contributed by atoms with E-state index in [1.165, 1.54) is 122 Å². The predicted molar refractivity (Wildman–Crippen MR) is 279 cm³/mol. The summed E-state index contributed by atoms with van der Waals surface area (Å²) in [5.41, 5.74) is 0. The lowest BCUT2D eigenvalue weighted by atomic mass is 10.1. The van der Waals surface area contributed by atoms with Crippen molar-refractivity contribution in [1.82, 2.24) is 0 Å². The molecule has 65 heavy (non-hydrogen) atoms. The topological polar surface area (TPSA) is 78.9 Å². The number of rotatable bonds is 49. The third kappa shape index (κ3) is 51.7. The number of hydrogen-bond acceptors (Lipinski definition) is 6. The molecule has 374 valence electrons. The molecule has 0 aliphatic rings. The maximum absolute atomic E-state index is 12.8. The Morgan fingerprint density at radius 1 is 0.323 bits per heavy atom. The van der Waals surface area contributed by atoms with Gasteiger partial charge in [0.05, 0.1) is 0 Å². The molecule has 0 aromatic carbocycles. The Bertz CT molecular complexity index is 1230. The molecule has 0 saturated heterocycles. The Morgan fingerprint density at radius 2 is 0.600 bits per heavy atom. The molecule has 0 amide bonds. The largest absolute Gasteiger partial charge is 0.462 e. The highest BCUT2D eigenvalue weighted by molar-refractivity contribution is 5.71. The van der Waals surface area contributed by atoms with Gasteiger partial charge in [0, 0.05) is 19.3 Å². The monoisotopic (exact) mass is 907 g/mol. The summed E-state index contributed by atoms with van der Waals surface area (Å²) in [6.07, 6.45) is 67.5. The lowest BCUT2D eigenvalue weighted by Crippen LogP contribution is -2.30. The molecular formula is C59H102O6. The van der Waals surface area contributed by atoms with E-state index >= 15 is 0 Å². The molecule has 0 radical (unpaired) electrons. The van der Waals surface area contributed by atoms with Crippen LogP contribution in [0.2, 0.25) is 0 Å². The van der Waals surface area contributed by atoms with Crippen molar-refractivity contribution in [3.63, 3.8) is 0 Å². The Kier molecular flexibility index (Phi) is 50.9. The molecule has 1 atom stereocenters. The minimum atomic E-state index is -0.800. The average Bonchev–Trinajstić information content (AvgIpc) is 3.30. The van der Waals surface area contributed by atoms with Crippen molar-refractivity contribution in [2.75, 3.05) is 13.2 Å². The number of unbranched alkanes of at least 4 members (excludes halogenated alkanes) is 26. The van der Waals surface area contributed by atoms with E-state index < -0.39 is 6.10 Å². The number of carbonyl (C=O) groups is 3. The van der Waals surface area contributed by atoms with Crippen LogP contribution in [-0.2, 0) is 28.6 Å². The second-order valence-electron chi connectivity index (χ2n) is 18.1. The van der Waals surface area contributed by atoms with Gasteiger partial charge in [0.2, 0.25) is 0 Å². The molecule has 0 aromatic heterocycles. The summed E-state index contributed by atoms with van der Waals surface area (Å²) in [6.45, 7) is 6.48. The summed E-state index contributed by atoms with van der Waals surface area (Å²) >= 11 is 0. The fourth-order valence-corrected chi connectivity index (χ4v) is 7.54. The molecule has 0 fully saturated rings. The Labute approximate surface area is 402 Å². The summed E-state index contributed by atoms with van der Waals surface area (Å²) in [4.78, 5) is 38.1. The minimum absolute atomic E-state index is 0.0959. The van der Waals surface area contributed by atoms with Crippen molar-refractivity contribution < 1.29 is 28.6 Å². The molecule has 0 aliphatic carbocycles. The van der Waals surface area contributed by atoms with Gasteiger partial charge in [0.1, 0.15) is 13.2 Å². The summed E-state index contributed by atoms with van der Waals surface area (Å²) in [6, 6.07) is 0. The quantitative estimate of drug-likeness (QED) is 0.0262. The van der Waals surface area contributed by atoms with Gasteiger partial charge in [0.15, 0.2) is 6.10 Å². The van der Waals surface area contributed by atoms with E-state index in [1.54, 1.807) is 0 Å². The molecule has 0 spiro atoms. The molecule has 0 saturated carbocycles. The van der Waals surface area contributed by atoms with Gasteiger partial charge in [-0.15, -0.1) is 0 Å². The normalized spacial score (nSPS) is 12.6. The molecule has 0 unspecified atom stereocenters. The molecule has 0 aliphatic heterocycles. The first kappa shape index (κ1) is 61.9. The lowest BCUT2D eigenvalue weighted by molar-refractivity contribution is -0.167. The number of ether oxygens (including phenoxy) is 3. The van der Waals surface area contributed by atoms with Gasteiger partial charge in [0.25, 0.3) is 0 Å². The molecule has 0 N–H and O–H groups in total. The highest BCUT2D eigenvalue weighted by Crippen LogP contribution is 2.14. The van der Waals surface area contributed by atoms with Gasteiger partial charge in [-0.2, -0.15) is 0 Å². The number of carbonyl (C=O) groups excluding carboxylic acids is 3. The first-order valence-corrected chi connectivity index (χ1v) is 27.4. The van der Waals surface area contributed by atoms with E-state index in [0.29, 0.717) is 19.3 Å². The number of allylic oxidation sites excluding steroid dienone is 12. The first-order chi connectivity index (χ1) is 32.0. The van der Waals surface area contributed by atoms with Crippen LogP contribution >= 0.6 is 0 Å². The number of esters is 3. The van der Waals surface area contributed by atoms with Crippen LogP contribution < -0.4 is 0 Å². The average molecular weight is 907 g/mol. The summed E-state index contributed by atoms with van der Waals surface area (Å²) in [5.74, 6) is -0.950. The Morgan fingerprint density at radius 3 is 0.985 bits per heavy atom. The van der Waals surface area contributed by atoms with E-state index in [0.717, 1.165) is 103 Å². The summed E-state index contributed by atoms with van der Waals surface area (Å²) in [7, 11) is 0. The zero-order chi connectivity index (χ0) is 47.2. The fourth-order valence-electron chi connectivity index (χ4n) is 7.54. The summed E-state index contributed by atoms with van der Waals surface area (Å²) < 4.78 is 16.8. The van der Waals surface area contributed by atoms with Crippen molar-refractivity contribution >= 4 is 17.9 Å². The van der Waals surface area contributed by atoms with Crippen molar-refractivity contribution in [3.05, 3.63) is 72.9 Å². The molecule has 0 bridgehead atoms. The molecular weight excluding hydrogens is 805 g/mol. The molecule has 6 heteroatoms. The Balaban J connectivity index is 4.46. The number of hydrogen-bond donors (Lipinski definition) is 0. The van der Waals surface area contributed by atoms with Crippen LogP contribution in [0.1, 0.15) is 265 Å². The maximum atomic E-state index is 12.8. The second kappa shape index (κ2) is 53.5. The third-order valence-electron chi connectivity index (χ3n) is 11.7. The van der Waals surface area contributed by atoms with Gasteiger partial charge in [-0.3, -0.25) is 14.4 Å². The predicted octanol–water partition coefficient (Wildman–Crippen LogP) is 18.2. The van der Waals surface area contributed by atoms with Crippen LogP contribution in [0.5, 0.6) is 0 Å². The van der Waals surface area contributed by atoms with Crippen molar-refractivity contribution in [1.29, 1.82) is 0 Å². The van der Waals surface area contributed by atoms with Gasteiger partial charge < -0.3 is 14.2 Å². The summed E-state index contributed by atoms with van der Waals surface area (Å²) in [5, 5.41) is 0. The SMILES string of the molecule is CC/C=C\C/C=C\C/C=C\C/C=C\CCCCC(=O)OC[C@H](COC(=O)CCCCCCC/C=C\CCCCCCCCC)OC(=O)CCCCCCC/C=C\CCCCCCCCC. The van der Waals surface area contributed by atoms with Crippen LogP contribution in [0, 0.1) is 0 Å². The zero-order valence-corrected chi connectivity index (χ0v) is 42.7. The molecule has 0 aromatic rings.